The van der Waals surface area contributed by atoms with Gasteiger partial charge in [-0.05, 0) is 62.9 Å². The Balaban J connectivity index is 1.37. The average Bonchev–Trinajstić information content (AvgIpc) is 2.77. The first-order valence-corrected chi connectivity index (χ1v) is 11.5. The molecule has 0 spiro atoms. The Morgan fingerprint density at radius 1 is 1.06 bits per heavy atom. The van der Waals surface area contributed by atoms with Crippen molar-refractivity contribution in [3.05, 3.63) is 35.1 Å². The lowest BCUT2D eigenvalue weighted by Gasteiger charge is -2.34. The molecule has 1 saturated heterocycles. The summed E-state index contributed by atoms with van der Waals surface area (Å²) >= 11 is 0. The van der Waals surface area contributed by atoms with E-state index < -0.39 is 29.0 Å². The number of amides is 2. The first-order valence-electron chi connectivity index (χ1n) is 11.5. The second-order valence-electron chi connectivity index (χ2n) is 9.19. The number of carbonyl (C=O) groups is 2. The lowest BCUT2D eigenvalue weighted by Crippen LogP contribution is -2.56. The summed E-state index contributed by atoms with van der Waals surface area (Å²) in [6.45, 7) is 3.15. The predicted molar refractivity (Wildman–Crippen MR) is 116 cm³/mol. The zero-order valence-electron chi connectivity index (χ0n) is 18.6. The molecule has 6 nitrogen and oxygen atoms in total. The van der Waals surface area contributed by atoms with Crippen molar-refractivity contribution in [1.82, 2.24) is 15.5 Å². The van der Waals surface area contributed by atoms with Crippen LogP contribution in [0.5, 0.6) is 0 Å². The summed E-state index contributed by atoms with van der Waals surface area (Å²) in [6.07, 6.45) is 1.45. The van der Waals surface area contributed by atoms with Crippen LogP contribution >= 0.6 is 0 Å². The SMILES string of the molecule is NC1(C(=O)NCCN2CCC(CNC(=O)c3cc(F)cc(C(F)(F)F)c3)CC2)CCCCC1. The van der Waals surface area contributed by atoms with Gasteiger partial charge in [-0.3, -0.25) is 9.59 Å². The first kappa shape index (κ1) is 25.4. The molecular formula is C23H32F4N4O2. The van der Waals surface area contributed by atoms with Crippen molar-refractivity contribution in [3.8, 4) is 0 Å². The van der Waals surface area contributed by atoms with Crippen molar-refractivity contribution < 1.29 is 27.2 Å². The number of alkyl halides is 3. The van der Waals surface area contributed by atoms with Gasteiger partial charge in [0.15, 0.2) is 0 Å². The fraction of sp³-hybridized carbons (Fsp3) is 0.652. The van der Waals surface area contributed by atoms with E-state index in [1.165, 1.54) is 0 Å². The maximum Gasteiger partial charge on any atom is 0.416 e. The summed E-state index contributed by atoms with van der Waals surface area (Å²) in [6, 6.07) is 1.84. The van der Waals surface area contributed by atoms with Crippen LogP contribution in [0.2, 0.25) is 0 Å². The molecular weight excluding hydrogens is 440 g/mol. The minimum atomic E-state index is -4.72. The van der Waals surface area contributed by atoms with Gasteiger partial charge in [0, 0.05) is 25.2 Å². The van der Waals surface area contributed by atoms with Gasteiger partial charge in [0.05, 0.1) is 11.1 Å². The molecule has 10 heteroatoms. The van der Waals surface area contributed by atoms with Crippen LogP contribution in [0.3, 0.4) is 0 Å². The highest BCUT2D eigenvalue weighted by Crippen LogP contribution is 2.30. The Labute approximate surface area is 191 Å². The van der Waals surface area contributed by atoms with Gasteiger partial charge in [0.1, 0.15) is 5.82 Å². The van der Waals surface area contributed by atoms with E-state index in [2.05, 4.69) is 15.5 Å². The normalized spacial score (nSPS) is 19.8. The van der Waals surface area contributed by atoms with Crippen LogP contribution in [0.15, 0.2) is 18.2 Å². The largest absolute Gasteiger partial charge is 0.416 e. The molecule has 184 valence electrons. The van der Waals surface area contributed by atoms with Crippen molar-refractivity contribution in [1.29, 1.82) is 0 Å². The van der Waals surface area contributed by atoms with Gasteiger partial charge in [-0.1, -0.05) is 19.3 Å². The average molecular weight is 473 g/mol. The van der Waals surface area contributed by atoms with E-state index in [-0.39, 0.29) is 17.4 Å². The Morgan fingerprint density at radius 3 is 2.36 bits per heavy atom. The van der Waals surface area contributed by atoms with Crippen LogP contribution in [-0.4, -0.2) is 55.0 Å². The number of halogens is 4. The second-order valence-corrected chi connectivity index (χ2v) is 9.19. The molecule has 1 aliphatic heterocycles. The molecule has 2 amide bonds. The van der Waals surface area contributed by atoms with E-state index in [0.29, 0.717) is 31.8 Å². The number of hydrogen-bond acceptors (Lipinski definition) is 4. The highest BCUT2D eigenvalue weighted by molar-refractivity contribution is 5.94. The van der Waals surface area contributed by atoms with E-state index in [1.807, 2.05) is 0 Å². The summed E-state index contributed by atoms with van der Waals surface area (Å²) in [5, 5.41) is 5.58. The molecule has 33 heavy (non-hydrogen) atoms. The third-order valence-corrected chi connectivity index (χ3v) is 6.66. The maximum atomic E-state index is 13.5. The first-order chi connectivity index (χ1) is 15.6. The van der Waals surface area contributed by atoms with Gasteiger partial charge in [-0.25, -0.2) is 4.39 Å². The van der Waals surface area contributed by atoms with Gasteiger partial charge in [-0.15, -0.1) is 0 Å². The number of nitrogens with one attached hydrogen (secondary N) is 2. The monoisotopic (exact) mass is 472 g/mol. The van der Waals surface area contributed by atoms with Crippen LogP contribution in [0, 0.1) is 11.7 Å². The minimum absolute atomic E-state index is 0.0779. The summed E-state index contributed by atoms with van der Waals surface area (Å²) in [5.41, 5.74) is 3.97. The molecule has 4 N–H and O–H groups in total. The summed E-state index contributed by atoms with van der Waals surface area (Å²) in [4.78, 5) is 26.9. The fourth-order valence-corrected chi connectivity index (χ4v) is 4.55. The summed E-state index contributed by atoms with van der Waals surface area (Å²) in [5.74, 6) is -1.71. The number of likely N-dealkylation sites (tertiary alicyclic amines) is 1. The smallest absolute Gasteiger partial charge is 0.353 e. The molecule has 0 unspecified atom stereocenters. The number of nitrogens with zero attached hydrogens (tertiary/aromatic N) is 1. The molecule has 1 aliphatic carbocycles. The molecule has 3 rings (SSSR count). The van der Waals surface area contributed by atoms with Crippen molar-refractivity contribution in [2.75, 3.05) is 32.7 Å². The van der Waals surface area contributed by atoms with Crippen molar-refractivity contribution in [2.45, 2.75) is 56.7 Å². The summed E-state index contributed by atoms with van der Waals surface area (Å²) in [7, 11) is 0. The molecule has 1 aromatic rings. The van der Waals surface area contributed by atoms with E-state index >= 15 is 0 Å². The van der Waals surface area contributed by atoms with Crippen molar-refractivity contribution >= 4 is 11.8 Å². The van der Waals surface area contributed by atoms with Gasteiger partial charge in [0.2, 0.25) is 5.91 Å². The Hall–Kier alpha value is -2.20. The number of hydrogen-bond donors (Lipinski definition) is 3. The lowest BCUT2D eigenvalue weighted by atomic mass is 9.82. The molecule has 2 aliphatic rings. The lowest BCUT2D eigenvalue weighted by molar-refractivity contribution is -0.137. The minimum Gasteiger partial charge on any atom is -0.353 e. The molecule has 0 atom stereocenters. The Kier molecular flexibility index (Phi) is 8.33. The third kappa shape index (κ3) is 7.14. The van der Waals surface area contributed by atoms with Gasteiger partial charge >= 0.3 is 6.18 Å². The van der Waals surface area contributed by atoms with E-state index in [9.17, 15) is 27.2 Å². The Morgan fingerprint density at radius 2 is 1.73 bits per heavy atom. The summed E-state index contributed by atoms with van der Waals surface area (Å²) < 4.78 is 52.0. The molecule has 0 radical (unpaired) electrons. The molecule has 0 aromatic heterocycles. The number of carbonyl (C=O) groups excluding carboxylic acids is 2. The zero-order valence-corrected chi connectivity index (χ0v) is 18.6. The van der Waals surface area contributed by atoms with E-state index in [0.717, 1.165) is 64.1 Å². The molecule has 0 bridgehead atoms. The number of rotatable bonds is 7. The molecule has 1 saturated carbocycles. The number of piperidine rings is 1. The highest BCUT2D eigenvalue weighted by Gasteiger charge is 2.35. The predicted octanol–water partition coefficient (Wildman–Crippen LogP) is 3.06. The van der Waals surface area contributed by atoms with Crippen molar-refractivity contribution in [3.63, 3.8) is 0 Å². The van der Waals surface area contributed by atoms with E-state index in [1.54, 1.807) is 0 Å². The quantitative estimate of drug-likeness (QED) is 0.533. The van der Waals surface area contributed by atoms with E-state index in [4.69, 9.17) is 5.73 Å². The molecule has 1 heterocycles. The number of benzene rings is 1. The second kappa shape index (κ2) is 10.8. The van der Waals surface area contributed by atoms with Gasteiger partial charge in [0.25, 0.3) is 5.91 Å². The van der Waals surface area contributed by atoms with Crippen molar-refractivity contribution in [2.24, 2.45) is 11.7 Å². The number of nitrogens with two attached hydrogens (primary N) is 1. The molecule has 2 fully saturated rings. The van der Waals surface area contributed by atoms with Crippen LogP contribution in [0.25, 0.3) is 0 Å². The van der Waals surface area contributed by atoms with Crippen LogP contribution < -0.4 is 16.4 Å². The maximum absolute atomic E-state index is 13.5. The zero-order chi connectivity index (χ0) is 24.1. The highest BCUT2D eigenvalue weighted by atomic mass is 19.4. The molecule has 1 aromatic carbocycles. The Bertz CT molecular complexity index is 832. The van der Waals surface area contributed by atoms with Gasteiger partial charge < -0.3 is 21.3 Å². The fourth-order valence-electron chi connectivity index (χ4n) is 4.55. The van der Waals surface area contributed by atoms with Crippen LogP contribution in [-0.2, 0) is 11.0 Å². The van der Waals surface area contributed by atoms with Crippen LogP contribution in [0.4, 0.5) is 17.6 Å². The van der Waals surface area contributed by atoms with Crippen LogP contribution in [0.1, 0.15) is 60.9 Å². The van der Waals surface area contributed by atoms with Gasteiger partial charge in [-0.2, -0.15) is 13.2 Å². The topological polar surface area (TPSA) is 87.5 Å². The standard InChI is InChI=1S/C23H32F4N4O2/c24-19-13-17(12-18(14-19)23(25,26)27)20(32)30-15-16-4-9-31(10-5-16)11-8-29-21(33)22(28)6-2-1-3-7-22/h12-14,16H,1-11,15,28H2,(H,29,33)(H,30,32). The third-order valence-electron chi connectivity index (χ3n) is 6.66.